The van der Waals surface area contributed by atoms with Gasteiger partial charge in [-0.2, -0.15) is 4.37 Å². The van der Waals surface area contributed by atoms with Crippen molar-refractivity contribution < 1.29 is 9.15 Å². The van der Waals surface area contributed by atoms with Crippen LogP contribution in [-0.2, 0) is 6.42 Å². The second kappa shape index (κ2) is 10.6. The van der Waals surface area contributed by atoms with Gasteiger partial charge in [-0.3, -0.25) is 4.90 Å². The van der Waals surface area contributed by atoms with Crippen molar-refractivity contribution in [3.05, 3.63) is 64.5 Å². The molecule has 0 saturated carbocycles. The standard InChI is InChI=1S/C27H31N3O3S/c1-2-7-20-18-26(31)33-24-19-21(10-11-22(20)24)32-17-6-5-12-29-13-15-30(16-14-29)27-23-8-3-4-9-25(23)34-28-27/h3-4,8-11,18-19H,2,5-7,12-17H2,1H3. The van der Waals surface area contributed by atoms with E-state index in [9.17, 15) is 4.79 Å². The van der Waals surface area contributed by atoms with Gasteiger partial charge in [-0.1, -0.05) is 25.5 Å². The summed E-state index contributed by atoms with van der Waals surface area (Å²) in [6.07, 6.45) is 3.96. The van der Waals surface area contributed by atoms with E-state index < -0.39 is 0 Å². The molecule has 1 saturated heterocycles. The van der Waals surface area contributed by atoms with Crippen molar-refractivity contribution in [1.82, 2.24) is 9.27 Å². The number of hydrogen-bond acceptors (Lipinski definition) is 7. The van der Waals surface area contributed by atoms with Crippen molar-refractivity contribution >= 4 is 38.4 Å². The molecule has 0 bridgehead atoms. The van der Waals surface area contributed by atoms with Gasteiger partial charge in [0, 0.05) is 49.1 Å². The molecule has 0 amide bonds. The molecule has 7 heteroatoms. The normalized spacial score (nSPS) is 14.8. The predicted molar refractivity (Wildman–Crippen MR) is 139 cm³/mol. The first kappa shape index (κ1) is 22.9. The molecule has 34 heavy (non-hydrogen) atoms. The number of piperazine rings is 1. The number of ether oxygens (including phenoxy) is 1. The van der Waals surface area contributed by atoms with Crippen LogP contribution in [0.5, 0.6) is 5.75 Å². The summed E-state index contributed by atoms with van der Waals surface area (Å²) in [5, 5.41) is 2.27. The first-order valence-corrected chi connectivity index (χ1v) is 13.0. The highest BCUT2D eigenvalue weighted by atomic mass is 32.1. The molecule has 4 aromatic rings. The highest BCUT2D eigenvalue weighted by Gasteiger charge is 2.20. The minimum Gasteiger partial charge on any atom is -0.493 e. The van der Waals surface area contributed by atoms with Gasteiger partial charge in [-0.05, 0) is 67.2 Å². The minimum absolute atomic E-state index is 0.295. The van der Waals surface area contributed by atoms with E-state index in [4.69, 9.17) is 13.5 Å². The number of hydrogen-bond donors (Lipinski definition) is 0. The number of anilines is 1. The van der Waals surface area contributed by atoms with E-state index in [0.29, 0.717) is 12.2 Å². The molecule has 2 aromatic carbocycles. The van der Waals surface area contributed by atoms with E-state index in [1.807, 2.05) is 18.2 Å². The monoisotopic (exact) mass is 477 g/mol. The Morgan fingerprint density at radius 3 is 2.74 bits per heavy atom. The number of rotatable bonds is 9. The molecule has 3 heterocycles. The molecule has 178 valence electrons. The van der Waals surface area contributed by atoms with Crippen molar-refractivity contribution in [2.45, 2.75) is 32.6 Å². The van der Waals surface area contributed by atoms with Crippen molar-refractivity contribution in [2.24, 2.45) is 0 Å². The van der Waals surface area contributed by atoms with Crippen LogP contribution in [0, 0.1) is 0 Å². The molecule has 0 aliphatic carbocycles. The largest absolute Gasteiger partial charge is 0.493 e. The van der Waals surface area contributed by atoms with Crippen LogP contribution in [0.4, 0.5) is 5.82 Å². The molecular weight excluding hydrogens is 446 g/mol. The van der Waals surface area contributed by atoms with Gasteiger partial charge >= 0.3 is 5.63 Å². The molecule has 0 N–H and O–H groups in total. The Hall–Kier alpha value is -2.90. The third-order valence-corrected chi connectivity index (χ3v) is 7.31. The maximum absolute atomic E-state index is 11.9. The van der Waals surface area contributed by atoms with Crippen molar-refractivity contribution in [3.8, 4) is 5.75 Å². The third kappa shape index (κ3) is 5.10. The lowest BCUT2D eigenvalue weighted by Crippen LogP contribution is -2.46. The zero-order valence-electron chi connectivity index (χ0n) is 19.7. The van der Waals surface area contributed by atoms with Crippen LogP contribution in [0.15, 0.2) is 57.7 Å². The molecule has 0 spiro atoms. The first-order valence-electron chi connectivity index (χ1n) is 12.2. The van der Waals surface area contributed by atoms with Gasteiger partial charge in [-0.25, -0.2) is 4.79 Å². The third-order valence-electron chi connectivity index (χ3n) is 6.49. The fourth-order valence-corrected chi connectivity index (χ4v) is 5.48. The zero-order chi connectivity index (χ0) is 23.3. The summed E-state index contributed by atoms with van der Waals surface area (Å²) >= 11 is 1.59. The van der Waals surface area contributed by atoms with Gasteiger partial charge < -0.3 is 14.1 Å². The van der Waals surface area contributed by atoms with Gasteiger partial charge in [-0.15, -0.1) is 0 Å². The fraction of sp³-hybridized carbons (Fsp3) is 0.407. The maximum Gasteiger partial charge on any atom is 0.336 e. The van der Waals surface area contributed by atoms with E-state index in [2.05, 4.69) is 41.0 Å². The van der Waals surface area contributed by atoms with Gasteiger partial charge in [0.25, 0.3) is 0 Å². The molecule has 0 atom stereocenters. The van der Waals surface area contributed by atoms with E-state index in [1.54, 1.807) is 17.6 Å². The van der Waals surface area contributed by atoms with Crippen LogP contribution in [0.25, 0.3) is 21.1 Å². The molecule has 1 fully saturated rings. The highest BCUT2D eigenvalue weighted by molar-refractivity contribution is 7.13. The van der Waals surface area contributed by atoms with E-state index in [1.165, 1.54) is 10.1 Å². The molecule has 2 aromatic heterocycles. The summed E-state index contributed by atoms with van der Waals surface area (Å²) < 4.78 is 17.3. The van der Waals surface area contributed by atoms with E-state index >= 15 is 0 Å². The minimum atomic E-state index is -0.295. The average molecular weight is 478 g/mol. The molecule has 0 radical (unpaired) electrons. The van der Waals surface area contributed by atoms with Crippen LogP contribution >= 0.6 is 11.5 Å². The highest BCUT2D eigenvalue weighted by Crippen LogP contribution is 2.30. The van der Waals surface area contributed by atoms with Crippen LogP contribution in [0.1, 0.15) is 31.7 Å². The Labute approximate surface area is 203 Å². The lowest BCUT2D eigenvalue weighted by molar-refractivity contribution is 0.238. The Bertz CT molecular complexity index is 1310. The summed E-state index contributed by atoms with van der Waals surface area (Å²) in [5.74, 6) is 1.90. The zero-order valence-corrected chi connectivity index (χ0v) is 20.5. The smallest absolute Gasteiger partial charge is 0.336 e. The number of aromatic nitrogens is 1. The summed E-state index contributed by atoms with van der Waals surface area (Å²) in [5.41, 5.74) is 1.36. The summed E-state index contributed by atoms with van der Waals surface area (Å²) in [7, 11) is 0. The topological polar surface area (TPSA) is 58.8 Å². The van der Waals surface area contributed by atoms with Gasteiger partial charge in [0.05, 0.1) is 11.3 Å². The second-order valence-electron chi connectivity index (χ2n) is 8.89. The van der Waals surface area contributed by atoms with Crippen LogP contribution in [-0.4, -0.2) is 48.6 Å². The predicted octanol–water partition coefficient (Wildman–Crippen LogP) is 5.34. The van der Waals surface area contributed by atoms with Gasteiger partial charge in [0.1, 0.15) is 17.2 Å². The second-order valence-corrected chi connectivity index (χ2v) is 9.69. The Morgan fingerprint density at radius 2 is 1.88 bits per heavy atom. The first-order chi connectivity index (χ1) is 16.7. The summed E-state index contributed by atoms with van der Waals surface area (Å²) in [4.78, 5) is 16.8. The molecule has 6 nitrogen and oxygen atoms in total. The molecule has 5 rings (SSSR count). The summed E-state index contributed by atoms with van der Waals surface area (Å²) in [6.45, 7) is 8.03. The molecule has 0 unspecified atom stereocenters. The van der Waals surface area contributed by atoms with Gasteiger partial charge in [0.2, 0.25) is 0 Å². The summed E-state index contributed by atoms with van der Waals surface area (Å²) in [6, 6.07) is 15.9. The lowest BCUT2D eigenvalue weighted by atomic mass is 10.1. The lowest BCUT2D eigenvalue weighted by Gasteiger charge is -2.35. The van der Waals surface area contributed by atoms with Gasteiger partial charge in [0.15, 0.2) is 0 Å². The SMILES string of the molecule is CCCc1cc(=O)oc2cc(OCCCCN3CCN(c4nsc5ccccc45)CC3)ccc12. The quantitative estimate of drug-likeness (QED) is 0.240. The number of unbranched alkanes of at least 4 members (excludes halogenated alkanes) is 1. The fourth-order valence-electron chi connectivity index (χ4n) is 4.69. The van der Waals surface area contributed by atoms with Crippen molar-refractivity contribution in [2.75, 3.05) is 44.2 Å². The van der Waals surface area contributed by atoms with Crippen molar-refractivity contribution in [1.29, 1.82) is 0 Å². The maximum atomic E-state index is 11.9. The van der Waals surface area contributed by atoms with Crippen molar-refractivity contribution in [3.63, 3.8) is 0 Å². The number of fused-ring (bicyclic) bond motifs is 2. The molecule has 1 aliphatic heterocycles. The van der Waals surface area contributed by atoms with Crippen LogP contribution in [0.2, 0.25) is 0 Å². The number of nitrogens with zero attached hydrogens (tertiary/aromatic N) is 3. The van der Waals surface area contributed by atoms with E-state index in [-0.39, 0.29) is 5.63 Å². The number of benzene rings is 2. The van der Waals surface area contributed by atoms with Crippen LogP contribution in [0.3, 0.4) is 0 Å². The Kier molecular flexibility index (Phi) is 7.11. The van der Waals surface area contributed by atoms with E-state index in [0.717, 1.165) is 80.9 Å². The number of aryl methyl sites for hydroxylation is 1. The van der Waals surface area contributed by atoms with Crippen LogP contribution < -0.4 is 15.3 Å². The average Bonchev–Trinajstić information content (AvgIpc) is 3.28. The molecular formula is C27H31N3O3S. The molecule has 1 aliphatic rings. The Morgan fingerprint density at radius 1 is 1.03 bits per heavy atom. The Balaban J connectivity index is 1.06.